The number of amides is 2. The van der Waals surface area contributed by atoms with Gasteiger partial charge >= 0.3 is 0 Å². The molecule has 0 bridgehead atoms. The molecule has 3 aromatic rings. The first-order valence-corrected chi connectivity index (χ1v) is 12.0. The van der Waals surface area contributed by atoms with Gasteiger partial charge in [-0.05, 0) is 49.3 Å². The molecule has 1 atom stereocenters. The molecule has 2 amide bonds. The molecule has 6 heteroatoms. The molecule has 33 heavy (non-hydrogen) atoms. The minimum atomic E-state index is -0.531. The van der Waals surface area contributed by atoms with Gasteiger partial charge in [0.1, 0.15) is 11.7 Å². The largest absolute Gasteiger partial charge is 0.353 e. The quantitative estimate of drug-likeness (QED) is 0.656. The number of nitrogens with one attached hydrogen (secondary N) is 1. The van der Waals surface area contributed by atoms with Crippen LogP contribution in [0.2, 0.25) is 0 Å². The summed E-state index contributed by atoms with van der Waals surface area (Å²) in [4.78, 5) is 28.6. The monoisotopic (exact) mass is 442 g/mol. The van der Waals surface area contributed by atoms with E-state index in [0.29, 0.717) is 31.7 Å². The number of fused-ring (bicyclic) bond motifs is 1. The lowest BCUT2D eigenvalue weighted by molar-refractivity contribution is -0.127. The normalized spacial score (nSPS) is 18.0. The van der Waals surface area contributed by atoms with Crippen LogP contribution in [0.1, 0.15) is 47.1 Å². The summed E-state index contributed by atoms with van der Waals surface area (Å²) in [6.07, 6.45) is 4.51. The number of rotatable bonds is 5. The van der Waals surface area contributed by atoms with Gasteiger partial charge in [0.25, 0.3) is 5.91 Å². The van der Waals surface area contributed by atoms with Gasteiger partial charge in [-0.3, -0.25) is 14.3 Å². The van der Waals surface area contributed by atoms with Gasteiger partial charge in [0.15, 0.2) is 0 Å². The zero-order valence-electron chi connectivity index (χ0n) is 19.1. The van der Waals surface area contributed by atoms with Crippen molar-refractivity contribution in [1.29, 1.82) is 0 Å². The number of nitrogens with zero attached hydrogens (tertiary/aromatic N) is 3. The van der Waals surface area contributed by atoms with Crippen LogP contribution in [-0.2, 0) is 30.6 Å². The van der Waals surface area contributed by atoms with Crippen LogP contribution >= 0.6 is 0 Å². The molecule has 0 spiro atoms. The second kappa shape index (κ2) is 9.22. The number of benzene rings is 2. The SMILES string of the molecule is CCn1nc2c(c1C(=O)N1CCNC(=O)[C@@H]1Cc1cccc(-c3ccccc3)c1)CCCC2. The molecule has 1 N–H and O–H groups in total. The molecule has 0 unspecified atom stereocenters. The number of hydrogen-bond donors (Lipinski definition) is 1. The summed E-state index contributed by atoms with van der Waals surface area (Å²) in [5.74, 6) is -0.150. The van der Waals surface area contributed by atoms with E-state index in [2.05, 4.69) is 29.6 Å². The van der Waals surface area contributed by atoms with E-state index in [9.17, 15) is 9.59 Å². The van der Waals surface area contributed by atoms with E-state index in [4.69, 9.17) is 5.10 Å². The van der Waals surface area contributed by atoms with Crippen LogP contribution in [0.3, 0.4) is 0 Å². The van der Waals surface area contributed by atoms with E-state index in [1.54, 1.807) is 4.90 Å². The Morgan fingerprint density at radius 1 is 1.06 bits per heavy atom. The van der Waals surface area contributed by atoms with E-state index in [1.165, 1.54) is 0 Å². The minimum absolute atomic E-state index is 0.0634. The van der Waals surface area contributed by atoms with Gasteiger partial charge in [0.2, 0.25) is 5.91 Å². The Morgan fingerprint density at radius 2 is 1.85 bits per heavy atom. The summed E-state index contributed by atoms with van der Waals surface area (Å²) in [5, 5.41) is 7.69. The molecule has 2 heterocycles. The molecule has 6 nitrogen and oxygen atoms in total. The Bertz CT molecular complexity index is 1170. The van der Waals surface area contributed by atoms with Crippen molar-refractivity contribution in [3.63, 3.8) is 0 Å². The molecule has 5 rings (SSSR count). The van der Waals surface area contributed by atoms with Gasteiger partial charge in [-0.2, -0.15) is 5.10 Å². The number of carbonyl (C=O) groups is 2. The lowest BCUT2D eigenvalue weighted by Crippen LogP contribution is -2.58. The van der Waals surface area contributed by atoms with Crippen molar-refractivity contribution in [1.82, 2.24) is 20.0 Å². The molecule has 2 aromatic carbocycles. The molecule has 1 aliphatic carbocycles. The molecule has 0 radical (unpaired) electrons. The second-order valence-corrected chi connectivity index (χ2v) is 8.87. The molecule has 1 aliphatic heterocycles. The van der Waals surface area contributed by atoms with Crippen molar-refractivity contribution in [2.45, 2.75) is 51.6 Å². The fraction of sp³-hybridized carbons (Fsp3) is 0.370. The van der Waals surface area contributed by atoms with Gasteiger partial charge in [0.05, 0.1) is 5.69 Å². The molecule has 1 aromatic heterocycles. The Kier molecular flexibility index (Phi) is 5.99. The van der Waals surface area contributed by atoms with Gasteiger partial charge in [-0.1, -0.05) is 54.6 Å². The topological polar surface area (TPSA) is 67.2 Å². The standard InChI is InChI=1S/C27H30N4O2/c1-2-31-25(22-13-6-7-14-23(22)29-31)27(33)30-16-15-28-26(32)24(30)18-19-9-8-12-21(17-19)20-10-4-3-5-11-20/h3-5,8-12,17,24H,2,6-7,13-16,18H2,1H3,(H,28,32)/t24-/m0/s1. The fourth-order valence-electron chi connectivity index (χ4n) is 5.10. The zero-order valence-corrected chi connectivity index (χ0v) is 19.1. The molecular weight excluding hydrogens is 412 g/mol. The van der Waals surface area contributed by atoms with E-state index in [1.807, 2.05) is 41.9 Å². The zero-order chi connectivity index (χ0) is 22.8. The smallest absolute Gasteiger partial charge is 0.273 e. The lowest BCUT2D eigenvalue weighted by atomic mass is 9.94. The highest BCUT2D eigenvalue weighted by Gasteiger charge is 2.37. The summed E-state index contributed by atoms with van der Waals surface area (Å²) in [5.41, 5.74) is 6.12. The molecule has 2 aliphatic rings. The van der Waals surface area contributed by atoms with Crippen LogP contribution in [0.5, 0.6) is 0 Å². The third kappa shape index (κ3) is 4.17. The van der Waals surface area contributed by atoms with Gasteiger partial charge in [-0.15, -0.1) is 0 Å². The highest BCUT2D eigenvalue weighted by Crippen LogP contribution is 2.27. The van der Waals surface area contributed by atoms with Crippen molar-refractivity contribution in [3.8, 4) is 11.1 Å². The average molecular weight is 443 g/mol. The maximum atomic E-state index is 13.8. The predicted octanol–water partition coefficient (Wildman–Crippen LogP) is 3.63. The Hall–Kier alpha value is -3.41. The van der Waals surface area contributed by atoms with Crippen molar-refractivity contribution < 1.29 is 9.59 Å². The van der Waals surface area contributed by atoms with Crippen LogP contribution in [0.4, 0.5) is 0 Å². The van der Waals surface area contributed by atoms with Crippen molar-refractivity contribution >= 4 is 11.8 Å². The average Bonchev–Trinajstić information content (AvgIpc) is 3.24. The van der Waals surface area contributed by atoms with Crippen LogP contribution in [0, 0.1) is 0 Å². The van der Waals surface area contributed by atoms with E-state index >= 15 is 0 Å². The summed E-state index contributed by atoms with van der Waals surface area (Å²) in [7, 11) is 0. The summed E-state index contributed by atoms with van der Waals surface area (Å²) >= 11 is 0. The Labute approximate surface area is 194 Å². The molecule has 170 valence electrons. The first-order valence-electron chi connectivity index (χ1n) is 12.0. The van der Waals surface area contributed by atoms with Crippen LogP contribution in [-0.4, -0.2) is 45.6 Å². The molecule has 0 saturated carbocycles. The first kappa shape index (κ1) is 21.4. The number of aromatic nitrogens is 2. The Balaban J connectivity index is 1.45. The maximum Gasteiger partial charge on any atom is 0.273 e. The number of carbonyl (C=O) groups excluding carboxylic acids is 2. The van der Waals surface area contributed by atoms with Gasteiger partial charge in [-0.25, -0.2) is 0 Å². The van der Waals surface area contributed by atoms with Gasteiger partial charge in [0, 0.05) is 31.6 Å². The Morgan fingerprint density at radius 3 is 2.67 bits per heavy atom. The van der Waals surface area contributed by atoms with E-state index in [0.717, 1.165) is 53.6 Å². The highest BCUT2D eigenvalue weighted by atomic mass is 16.2. The fourth-order valence-corrected chi connectivity index (χ4v) is 5.10. The number of aryl methyl sites for hydroxylation is 2. The maximum absolute atomic E-state index is 13.8. The summed E-state index contributed by atoms with van der Waals surface area (Å²) < 4.78 is 1.85. The molecule has 1 saturated heterocycles. The summed E-state index contributed by atoms with van der Waals surface area (Å²) in [6, 6.07) is 17.9. The van der Waals surface area contributed by atoms with E-state index < -0.39 is 6.04 Å². The third-order valence-corrected chi connectivity index (χ3v) is 6.78. The molecule has 1 fully saturated rings. The van der Waals surface area contributed by atoms with E-state index in [-0.39, 0.29) is 11.8 Å². The van der Waals surface area contributed by atoms with Crippen LogP contribution < -0.4 is 5.32 Å². The molecular formula is C27H30N4O2. The van der Waals surface area contributed by atoms with Crippen molar-refractivity contribution in [3.05, 3.63) is 77.1 Å². The van der Waals surface area contributed by atoms with Crippen molar-refractivity contribution in [2.24, 2.45) is 0 Å². The predicted molar refractivity (Wildman–Crippen MR) is 128 cm³/mol. The van der Waals surface area contributed by atoms with Crippen molar-refractivity contribution in [2.75, 3.05) is 13.1 Å². The number of piperazine rings is 1. The van der Waals surface area contributed by atoms with Crippen LogP contribution in [0.25, 0.3) is 11.1 Å². The second-order valence-electron chi connectivity index (χ2n) is 8.87. The number of hydrogen-bond acceptors (Lipinski definition) is 3. The van der Waals surface area contributed by atoms with Gasteiger partial charge < -0.3 is 10.2 Å². The summed E-state index contributed by atoms with van der Waals surface area (Å²) in [6.45, 7) is 3.66. The third-order valence-electron chi connectivity index (χ3n) is 6.78. The minimum Gasteiger partial charge on any atom is -0.353 e. The van der Waals surface area contributed by atoms with Crippen LogP contribution in [0.15, 0.2) is 54.6 Å². The lowest BCUT2D eigenvalue weighted by Gasteiger charge is -2.35. The first-order chi connectivity index (χ1) is 16.2. The highest BCUT2D eigenvalue weighted by molar-refractivity contribution is 5.98.